The van der Waals surface area contributed by atoms with Crippen LogP contribution in [-0.4, -0.2) is 27.2 Å². The van der Waals surface area contributed by atoms with Crippen LogP contribution in [0.3, 0.4) is 0 Å². The van der Waals surface area contributed by atoms with Gasteiger partial charge in [0.25, 0.3) is 0 Å². The van der Waals surface area contributed by atoms with E-state index in [2.05, 4.69) is 19.2 Å². The lowest BCUT2D eigenvalue weighted by molar-refractivity contribution is -0.118. The number of aromatic nitrogens is 3. The van der Waals surface area contributed by atoms with Crippen LogP contribution < -0.4 is 10.1 Å². The van der Waals surface area contributed by atoms with Gasteiger partial charge >= 0.3 is 0 Å². The van der Waals surface area contributed by atoms with Crippen molar-refractivity contribution < 1.29 is 13.9 Å². The summed E-state index contributed by atoms with van der Waals surface area (Å²) in [5.41, 5.74) is 2.42. The third-order valence-electron chi connectivity index (χ3n) is 5.79. The molecule has 160 valence electrons. The third-order valence-corrected chi connectivity index (χ3v) is 5.79. The highest BCUT2D eigenvalue weighted by Crippen LogP contribution is 2.45. The largest absolute Gasteiger partial charge is 0.494 e. The predicted molar refractivity (Wildman–Crippen MR) is 117 cm³/mol. The first kappa shape index (κ1) is 19.6. The van der Waals surface area contributed by atoms with Gasteiger partial charge in [0, 0.05) is 23.3 Å². The average Bonchev–Trinajstić information content (AvgIpc) is 3.32. The lowest BCUT2D eigenvalue weighted by Crippen LogP contribution is -2.36. The molecule has 1 atom stereocenters. The number of ketones is 1. The topological polar surface area (TPSA) is 82.2 Å². The SMILES string of the molecule is CCOc1ccc(-c2nc3n(n2)C(c2ccc(C)o2)C2=C(CC(C)(C)CC2=O)N3)cc1. The second kappa shape index (κ2) is 7.11. The number of rotatable bonds is 4. The fraction of sp³-hybridized carbons (Fsp3) is 0.375. The standard InChI is InChI=1S/C24H26N4O3/c1-5-30-16-9-7-15(8-10-16)22-26-23-25-17-12-24(3,4)13-18(29)20(17)21(28(23)27-22)19-11-6-14(2)31-19/h6-11,21H,5,12-13H2,1-4H3,(H,25,26,27). The van der Waals surface area contributed by atoms with Gasteiger partial charge < -0.3 is 14.5 Å². The molecule has 0 spiro atoms. The second-order valence-electron chi connectivity index (χ2n) is 8.97. The van der Waals surface area contributed by atoms with Gasteiger partial charge in [-0.1, -0.05) is 13.8 Å². The van der Waals surface area contributed by atoms with E-state index in [0.717, 1.165) is 34.8 Å². The van der Waals surface area contributed by atoms with Crippen LogP contribution in [0.25, 0.3) is 11.4 Å². The zero-order chi connectivity index (χ0) is 21.8. The maximum absolute atomic E-state index is 13.2. The molecule has 5 rings (SSSR count). The molecule has 31 heavy (non-hydrogen) atoms. The van der Waals surface area contributed by atoms with E-state index >= 15 is 0 Å². The Labute approximate surface area is 181 Å². The van der Waals surface area contributed by atoms with Crippen LogP contribution in [-0.2, 0) is 4.79 Å². The maximum Gasteiger partial charge on any atom is 0.227 e. The molecule has 2 aromatic heterocycles. The number of nitrogens with zero attached hydrogens (tertiary/aromatic N) is 3. The number of nitrogens with one attached hydrogen (secondary N) is 1. The second-order valence-corrected chi connectivity index (χ2v) is 8.97. The number of ether oxygens (including phenoxy) is 1. The molecule has 0 bridgehead atoms. The van der Waals surface area contributed by atoms with E-state index in [1.807, 2.05) is 50.2 Å². The van der Waals surface area contributed by atoms with Crippen molar-refractivity contribution in [1.82, 2.24) is 14.8 Å². The molecule has 1 N–H and O–H groups in total. The van der Waals surface area contributed by atoms with Crippen molar-refractivity contribution >= 4 is 11.7 Å². The molecule has 1 aromatic carbocycles. The van der Waals surface area contributed by atoms with E-state index in [-0.39, 0.29) is 11.2 Å². The van der Waals surface area contributed by atoms with E-state index in [4.69, 9.17) is 19.2 Å². The van der Waals surface area contributed by atoms with Crippen molar-refractivity contribution in [3.05, 3.63) is 59.2 Å². The summed E-state index contributed by atoms with van der Waals surface area (Å²) in [6, 6.07) is 11.1. The van der Waals surface area contributed by atoms with Crippen LogP contribution in [0.4, 0.5) is 5.95 Å². The summed E-state index contributed by atoms with van der Waals surface area (Å²) in [7, 11) is 0. The number of fused-ring (bicyclic) bond motifs is 1. The highest BCUT2D eigenvalue weighted by atomic mass is 16.5. The van der Waals surface area contributed by atoms with Gasteiger partial charge in [0.1, 0.15) is 23.3 Å². The van der Waals surface area contributed by atoms with Gasteiger partial charge in [-0.2, -0.15) is 4.98 Å². The number of Topliss-reactive ketones (excluding diaryl/α,β-unsaturated/α-hetero) is 1. The van der Waals surface area contributed by atoms with Gasteiger partial charge in [0.15, 0.2) is 11.6 Å². The molecule has 0 fully saturated rings. The minimum atomic E-state index is -0.424. The molecule has 3 aromatic rings. The quantitative estimate of drug-likeness (QED) is 0.649. The summed E-state index contributed by atoms with van der Waals surface area (Å²) < 4.78 is 13.3. The van der Waals surface area contributed by atoms with Crippen LogP contribution in [0.15, 0.2) is 52.1 Å². The number of carbonyl (C=O) groups is 1. The number of furan rings is 1. The molecule has 2 aliphatic rings. The first-order chi connectivity index (χ1) is 14.8. The number of hydrogen-bond acceptors (Lipinski definition) is 6. The molecular formula is C24H26N4O3. The Morgan fingerprint density at radius 1 is 1.19 bits per heavy atom. The van der Waals surface area contributed by atoms with Crippen molar-refractivity contribution in [2.75, 3.05) is 11.9 Å². The number of anilines is 1. The van der Waals surface area contributed by atoms with Crippen molar-refractivity contribution in [2.24, 2.45) is 5.41 Å². The molecule has 0 amide bonds. The Kier molecular flexibility index (Phi) is 4.50. The van der Waals surface area contributed by atoms with Crippen molar-refractivity contribution in [3.8, 4) is 17.1 Å². The van der Waals surface area contributed by atoms with Crippen LogP contribution >= 0.6 is 0 Å². The van der Waals surface area contributed by atoms with Crippen LogP contribution in [0, 0.1) is 12.3 Å². The fourth-order valence-corrected chi connectivity index (χ4v) is 4.46. The van der Waals surface area contributed by atoms with Crippen LogP contribution in [0.1, 0.15) is 51.2 Å². The average molecular weight is 418 g/mol. The van der Waals surface area contributed by atoms with E-state index in [1.165, 1.54) is 0 Å². The van der Waals surface area contributed by atoms with Crippen LogP contribution in [0.2, 0.25) is 0 Å². The Hall–Kier alpha value is -3.35. The summed E-state index contributed by atoms with van der Waals surface area (Å²) in [6.07, 6.45) is 1.27. The Morgan fingerprint density at radius 2 is 1.97 bits per heavy atom. The van der Waals surface area contributed by atoms with E-state index < -0.39 is 6.04 Å². The van der Waals surface area contributed by atoms with Crippen molar-refractivity contribution in [1.29, 1.82) is 0 Å². The highest BCUT2D eigenvalue weighted by Gasteiger charge is 2.43. The summed E-state index contributed by atoms with van der Waals surface area (Å²) in [5, 5.41) is 8.18. The Bertz CT molecular complexity index is 1180. The van der Waals surface area contributed by atoms with Crippen molar-refractivity contribution in [3.63, 3.8) is 0 Å². The zero-order valence-corrected chi connectivity index (χ0v) is 18.2. The number of hydrogen-bond donors (Lipinski definition) is 1. The predicted octanol–water partition coefficient (Wildman–Crippen LogP) is 4.90. The smallest absolute Gasteiger partial charge is 0.227 e. The van der Waals surface area contributed by atoms with Gasteiger partial charge in [-0.15, -0.1) is 5.10 Å². The number of aryl methyl sites for hydroxylation is 1. The van der Waals surface area contributed by atoms with Gasteiger partial charge in [-0.25, -0.2) is 4.68 Å². The monoisotopic (exact) mass is 418 g/mol. The number of benzene rings is 1. The Morgan fingerprint density at radius 3 is 2.65 bits per heavy atom. The van der Waals surface area contributed by atoms with Gasteiger partial charge in [-0.3, -0.25) is 4.79 Å². The molecule has 0 saturated heterocycles. The van der Waals surface area contributed by atoms with E-state index in [0.29, 0.717) is 30.6 Å². The van der Waals surface area contributed by atoms with Crippen LogP contribution in [0.5, 0.6) is 5.75 Å². The molecule has 7 nitrogen and oxygen atoms in total. The fourth-order valence-electron chi connectivity index (χ4n) is 4.46. The summed E-state index contributed by atoms with van der Waals surface area (Å²) >= 11 is 0. The highest BCUT2D eigenvalue weighted by molar-refractivity contribution is 6.00. The molecular weight excluding hydrogens is 392 g/mol. The molecule has 1 unspecified atom stereocenters. The normalized spacial score (nSPS) is 19.6. The van der Waals surface area contributed by atoms with Gasteiger partial charge in [0.05, 0.1) is 6.61 Å². The molecule has 1 aliphatic heterocycles. The summed E-state index contributed by atoms with van der Waals surface area (Å²) in [5.74, 6) is 3.64. The maximum atomic E-state index is 13.2. The molecule has 0 saturated carbocycles. The Balaban J connectivity index is 1.60. The number of allylic oxidation sites excluding steroid dienone is 2. The molecule has 7 heteroatoms. The van der Waals surface area contributed by atoms with Gasteiger partial charge in [0.2, 0.25) is 5.95 Å². The third kappa shape index (κ3) is 3.44. The first-order valence-corrected chi connectivity index (χ1v) is 10.6. The lowest BCUT2D eigenvalue weighted by Gasteiger charge is -2.37. The minimum absolute atomic E-state index is 0.104. The molecule has 1 aliphatic carbocycles. The van der Waals surface area contributed by atoms with Crippen molar-refractivity contribution in [2.45, 2.75) is 46.6 Å². The zero-order valence-electron chi connectivity index (χ0n) is 18.2. The first-order valence-electron chi connectivity index (χ1n) is 10.6. The molecule has 3 heterocycles. The minimum Gasteiger partial charge on any atom is -0.494 e. The van der Waals surface area contributed by atoms with E-state index in [9.17, 15) is 4.79 Å². The summed E-state index contributed by atoms with van der Waals surface area (Å²) in [4.78, 5) is 18.0. The van der Waals surface area contributed by atoms with E-state index in [1.54, 1.807) is 4.68 Å². The lowest BCUT2D eigenvalue weighted by atomic mass is 9.73. The summed E-state index contributed by atoms with van der Waals surface area (Å²) in [6.45, 7) is 8.71. The number of carbonyl (C=O) groups excluding carboxylic acids is 1. The molecule has 0 radical (unpaired) electrons. The van der Waals surface area contributed by atoms with Gasteiger partial charge in [-0.05, 0) is 62.1 Å².